The van der Waals surface area contributed by atoms with E-state index in [9.17, 15) is 4.79 Å². The fourth-order valence-corrected chi connectivity index (χ4v) is 4.31. The van der Waals surface area contributed by atoms with Gasteiger partial charge in [-0.3, -0.25) is 9.78 Å². The van der Waals surface area contributed by atoms with Crippen LogP contribution in [0.15, 0.2) is 48.8 Å². The number of halogens is 1. The molecular weight excluding hydrogens is 354 g/mol. The Bertz CT molecular complexity index is 893. The van der Waals surface area contributed by atoms with Gasteiger partial charge in [0.2, 0.25) is 5.91 Å². The second-order valence-corrected chi connectivity index (χ2v) is 7.58. The second-order valence-electron chi connectivity index (χ2n) is 6.06. The average Bonchev–Trinajstić information content (AvgIpc) is 3.07. The molecule has 0 bridgehead atoms. The van der Waals surface area contributed by atoms with Gasteiger partial charge >= 0.3 is 0 Å². The van der Waals surface area contributed by atoms with Gasteiger partial charge in [0.15, 0.2) is 0 Å². The highest BCUT2D eigenvalue weighted by Crippen LogP contribution is 2.34. The quantitative estimate of drug-likeness (QED) is 0.733. The molecule has 3 aromatic rings. The molecule has 1 atom stereocenters. The van der Waals surface area contributed by atoms with Crippen LogP contribution < -0.4 is 5.32 Å². The highest BCUT2D eigenvalue weighted by molar-refractivity contribution is 7.15. The van der Waals surface area contributed by atoms with Gasteiger partial charge in [-0.1, -0.05) is 11.6 Å². The molecule has 1 aliphatic rings. The van der Waals surface area contributed by atoms with Gasteiger partial charge in [-0.2, -0.15) is 0 Å². The number of carbonyl (C=O) groups excluding carboxylic acids is 1. The van der Waals surface area contributed by atoms with Crippen molar-refractivity contribution in [1.82, 2.24) is 9.97 Å². The lowest BCUT2D eigenvalue weighted by Crippen LogP contribution is -2.27. The first-order chi connectivity index (χ1) is 12.2. The predicted octanol–water partition coefficient (Wildman–Crippen LogP) is 4.60. The molecule has 0 spiro atoms. The largest absolute Gasteiger partial charge is 0.326 e. The molecule has 1 aliphatic carbocycles. The predicted molar refractivity (Wildman–Crippen MR) is 101 cm³/mol. The lowest BCUT2D eigenvalue weighted by atomic mass is 9.90. The Labute approximate surface area is 154 Å². The molecule has 2 heterocycles. The Balaban J connectivity index is 1.48. The fourth-order valence-electron chi connectivity index (χ4n) is 2.99. The Morgan fingerprint density at radius 3 is 2.68 bits per heavy atom. The number of aromatic nitrogens is 2. The van der Waals surface area contributed by atoms with Gasteiger partial charge in [0.05, 0.1) is 5.69 Å². The van der Waals surface area contributed by atoms with Crippen LogP contribution in [-0.4, -0.2) is 15.9 Å². The molecule has 4 nitrogen and oxygen atoms in total. The standard InChI is InChI=1S/C19H16ClN3OS/c20-14-2-4-15(5-3-14)22-18(24)13-1-6-16-17(11-13)25-19(23-16)12-7-9-21-10-8-12/h2-5,7-10,13H,1,6,11H2,(H,22,24). The summed E-state index contributed by atoms with van der Waals surface area (Å²) in [6.07, 6.45) is 5.97. The summed E-state index contributed by atoms with van der Waals surface area (Å²) in [5.74, 6) is 0.0424. The maximum Gasteiger partial charge on any atom is 0.227 e. The Hall–Kier alpha value is -2.24. The van der Waals surface area contributed by atoms with Crippen LogP contribution in [0, 0.1) is 5.92 Å². The number of rotatable bonds is 3. The summed E-state index contributed by atoms with van der Waals surface area (Å²) < 4.78 is 0. The first-order valence-corrected chi connectivity index (χ1v) is 9.34. The van der Waals surface area contributed by atoms with Crippen LogP contribution in [0.2, 0.25) is 5.02 Å². The normalized spacial score (nSPS) is 16.3. The summed E-state index contributed by atoms with van der Waals surface area (Å²) in [4.78, 5) is 22.6. The monoisotopic (exact) mass is 369 g/mol. The molecule has 4 rings (SSSR count). The van der Waals surface area contributed by atoms with Crippen LogP contribution in [0.4, 0.5) is 5.69 Å². The van der Waals surface area contributed by atoms with Gasteiger partial charge in [0, 0.05) is 39.5 Å². The molecule has 0 fully saturated rings. The minimum absolute atomic E-state index is 0.0195. The van der Waals surface area contributed by atoms with Crippen molar-refractivity contribution in [2.24, 2.45) is 5.92 Å². The zero-order valence-corrected chi connectivity index (χ0v) is 15.0. The average molecular weight is 370 g/mol. The molecule has 1 unspecified atom stereocenters. The van der Waals surface area contributed by atoms with E-state index in [4.69, 9.17) is 16.6 Å². The topological polar surface area (TPSA) is 54.9 Å². The summed E-state index contributed by atoms with van der Waals surface area (Å²) in [6, 6.07) is 11.1. The van der Waals surface area contributed by atoms with Crippen molar-refractivity contribution in [3.63, 3.8) is 0 Å². The summed E-state index contributed by atoms with van der Waals surface area (Å²) in [5, 5.41) is 4.65. The number of amides is 1. The second kappa shape index (κ2) is 6.94. The van der Waals surface area contributed by atoms with E-state index in [1.54, 1.807) is 35.9 Å². The molecule has 1 amide bonds. The molecular formula is C19H16ClN3OS. The van der Waals surface area contributed by atoms with Gasteiger partial charge in [-0.25, -0.2) is 4.98 Å². The van der Waals surface area contributed by atoms with E-state index in [-0.39, 0.29) is 11.8 Å². The summed E-state index contributed by atoms with van der Waals surface area (Å²) in [6.45, 7) is 0. The van der Waals surface area contributed by atoms with Gasteiger partial charge in [-0.05, 0) is 55.7 Å². The number of nitrogens with zero attached hydrogens (tertiary/aromatic N) is 2. The summed E-state index contributed by atoms with van der Waals surface area (Å²) in [5.41, 5.74) is 2.99. The van der Waals surface area contributed by atoms with Crippen LogP contribution in [0.1, 0.15) is 17.0 Å². The SMILES string of the molecule is O=C(Nc1ccc(Cl)cc1)C1CCc2nc(-c3ccncc3)sc2C1. The lowest BCUT2D eigenvalue weighted by molar-refractivity contribution is -0.120. The Morgan fingerprint density at radius 2 is 1.92 bits per heavy atom. The van der Waals surface area contributed by atoms with E-state index in [1.807, 2.05) is 24.3 Å². The van der Waals surface area contributed by atoms with Crippen LogP contribution in [0.25, 0.3) is 10.6 Å². The third-order valence-electron chi connectivity index (χ3n) is 4.35. The molecule has 25 heavy (non-hydrogen) atoms. The van der Waals surface area contributed by atoms with Gasteiger partial charge in [0.1, 0.15) is 5.01 Å². The number of hydrogen-bond acceptors (Lipinski definition) is 4. The fraction of sp³-hybridized carbons (Fsp3) is 0.211. The van der Waals surface area contributed by atoms with E-state index in [2.05, 4.69) is 10.3 Å². The highest BCUT2D eigenvalue weighted by Gasteiger charge is 2.27. The third-order valence-corrected chi connectivity index (χ3v) is 5.77. The summed E-state index contributed by atoms with van der Waals surface area (Å²) in [7, 11) is 0. The van der Waals surface area contributed by atoms with Gasteiger partial charge < -0.3 is 5.32 Å². The van der Waals surface area contributed by atoms with Gasteiger partial charge in [0.25, 0.3) is 0 Å². The lowest BCUT2D eigenvalue weighted by Gasteiger charge is -2.20. The van der Waals surface area contributed by atoms with Crippen LogP contribution >= 0.6 is 22.9 Å². The number of anilines is 1. The number of carbonyl (C=O) groups is 1. The zero-order chi connectivity index (χ0) is 17.2. The van der Waals surface area contributed by atoms with Crippen molar-refractivity contribution in [3.05, 3.63) is 64.4 Å². The van der Waals surface area contributed by atoms with E-state index in [1.165, 1.54) is 4.88 Å². The zero-order valence-electron chi connectivity index (χ0n) is 13.4. The number of fused-ring (bicyclic) bond motifs is 1. The molecule has 0 aliphatic heterocycles. The number of benzene rings is 1. The smallest absolute Gasteiger partial charge is 0.227 e. The number of thiazole rings is 1. The maximum atomic E-state index is 12.6. The molecule has 126 valence electrons. The molecule has 1 N–H and O–H groups in total. The Kier molecular flexibility index (Phi) is 4.51. The van der Waals surface area contributed by atoms with E-state index >= 15 is 0 Å². The first-order valence-electron chi connectivity index (χ1n) is 8.14. The number of nitrogens with one attached hydrogen (secondary N) is 1. The maximum absolute atomic E-state index is 12.6. The van der Waals surface area contributed by atoms with Crippen molar-refractivity contribution in [1.29, 1.82) is 0 Å². The minimum Gasteiger partial charge on any atom is -0.326 e. The van der Waals surface area contributed by atoms with Crippen LogP contribution in [0.3, 0.4) is 0 Å². The Morgan fingerprint density at radius 1 is 1.16 bits per heavy atom. The van der Waals surface area contributed by atoms with E-state index in [0.717, 1.165) is 41.2 Å². The number of hydrogen-bond donors (Lipinski definition) is 1. The molecule has 1 aromatic carbocycles. The van der Waals surface area contributed by atoms with Crippen molar-refractivity contribution in [2.75, 3.05) is 5.32 Å². The van der Waals surface area contributed by atoms with Crippen LogP contribution in [0.5, 0.6) is 0 Å². The molecule has 6 heteroatoms. The van der Waals surface area contributed by atoms with E-state index in [0.29, 0.717) is 5.02 Å². The molecule has 0 saturated heterocycles. The molecule has 0 radical (unpaired) electrons. The third kappa shape index (κ3) is 3.57. The number of pyridine rings is 1. The molecule has 2 aromatic heterocycles. The van der Waals surface area contributed by atoms with E-state index < -0.39 is 0 Å². The highest BCUT2D eigenvalue weighted by atomic mass is 35.5. The minimum atomic E-state index is -0.0195. The van der Waals surface area contributed by atoms with Crippen LogP contribution in [-0.2, 0) is 17.6 Å². The van der Waals surface area contributed by atoms with Crippen molar-refractivity contribution in [2.45, 2.75) is 19.3 Å². The first kappa shape index (κ1) is 16.2. The van der Waals surface area contributed by atoms with Crippen molar-refractivity contribution < 1.29 is 4.79 Å². The van der Waals surface area contributed by atoms with Gasteiger partial charge in [-0.15, -0.1) is 11.3 Å². The summed E-state index contributed by atoms with van der Waals surface area (Å²) >= 11 is 7.57. The molecule has 0 saturated carbocycles. The van der Waals surface area contributed by atoms with Crippen molar-refractivity contribution >= 4 is 34.5 Å². The van der Waals surface area contributed by atoms with Crippen molar-refractivity contribution in [3.8, 4) is 10.6 Å². The number of aryl methyl sites for hydroxylation is 1.